The Labute approximate surface area is 315 Å². The maximum atomic E-state index is 9.09. The van der Waals surface area contributed by atoms with Crippen molar-refractivity contribution >= 4 is 100.0 Å². The minimum atomic E-state index is -1.44. The Bertz CT molecular complexity index is 2050. The molecule has 0 aromatic heterocycles. The third-order valence-electron chi connectivity index (χ3n) is 8.05. The minimum Gasteiger partial charge on any atom is -0.423 e. The Hall–Kier alpha value is -2.89. The quantitative estimate of drug-likeness (QED) is 0.0792. The van der Waals surface area contributed by atoms with Crippen LogP contribution in [0.3, 0.4) is 0 Å². The van der Waals surface area contributed by atoms with E-state index >= 15 is 0 Å². The van der Waals surface area contributed by atoms with E-state index in [1.165, 1.54) is 21.9 Å². The van der Waals surface area contributed by atoms with E-state index < -0.39 is 7.12 Å². The molecule has 0 heterocycles. The molecule has 8 heteroatoms. The number of fused-ring (bicyclic) bond motifs is 2. The third-order valence-corrected chi connectivity index (χ3v) is 10.4. The van der Waals surface area contributed by atoms with Crippen LogP contribution in [0, 0.1) is 3.57 Å². The molecule has 0 spiro atoms. The fourth-order valence-corrected chi connectivity index (χ4v) is 6.61. The second-order valence-electron chi connectivity index (χ2n) is 13.8. The Balaban J connectivity index is 0.000000173. The molecule has 0 fully saturated rings. The number of hydrogen-bond acceptors (Lipinski definition) is 4. The fourth-order valence-electron chi connectivity index (χ4n) is 5.13. The molecule has 4 nitrogen and oxygen atoms in total. The summed E-state index contributed by atoms with van der Waals surface area (Å²) in [6.45, 7) is 13.2. The second-order valence-corrected chi connectivity index (χ2v) is 16.7. The lowest BCUT2D eigenvalue weighted by molar-refractivity contribution is 0.425. The Kier molecular flexibility index (Phi) is 12.5. The van der Waals surface area contributed by atoms with Gasteiger partial charge in [-0.2, -0.15) is 0 Å². The number of anilines is 2. The van der Waals surface area contributed by atoms with Gasteiger partial charge in [-0.15, -0.1) is 0 Å². The van der Waals surface area contributed by atoms with Crippen molar-refractivity contribution in [2.75, 3.05) is 11.5 Å². The summed E-state index contributed by atoms with van der Waals surface area (Å²) in [5, 5.41) is 22.7. The molecule has 48 heavy (non-hydrogen) atoms. The molecule has 0 bridgehead atoms. The maximum Gasteiger partial charge on any atom is 0.489 e. The van der Waals surface area contributed by atoms with Crippen molar-refractivity contribution in [1.82, 2.24) is 0 Å². The highest BCUT2D eigenvalue weighted by Crippen LogP contribution is 2.37. The van der Waals surface area contributed by atoms with Crippen molar-refractivity contribution in [1.29, 1.82) is 0 Å². The van der Waals surface area contributed by atoms with Crippen LogP contribution in [0.2, 0.25) is 0 Å². The maximum absolute atomic E-state index is 9.09. The normalized spacial score (nSPS) is 11.4. The molecule has 6 aromatic rings. The van der Waals surface area contributed by atoms with Gasteiger partial charge < -0.3 is 21.5 Å². The molecule has 6 aromatic carbocycles. The Morgan fingerprint density at radius 2 is 0.979 bits per heavy atom. The average Bonchev–Trinajstić information content (AvgIpc) is 3.01. The van der Waals surface area contributed by atoms with Gasteiger partial charge in [0.05, 0.1) is 0 Å². The van der Waals surface area contributed by atoms with Crippen LogP contribution in [0.1, 0.15) is 52.7 Å². The van der Waals surface area contributed by atoms with Gasteiger partial charge in [0.15, 0.2) is 0 Å². The molecule has 0 unspecified atom stereocenters. The minimum absolute atomic E-state index is 0.104. The lowest BCUT2D eigenvalue weighted by atomic mass is 9.79. The summed E-state index contributed by atoms with van der Waals surface area (Å²) >= 11 is 9.23. The summed E-state index contributed by atoms with van der Waals surface area (Å²) in [5.74, 6) is 0. The molecular weight excluding hydrogens is 838 g/mol. The van der Waals surface area contributed by atoms with Crippen molar-refractivity contribution in [3.05, 3.63) is 133 Å². The first-order chi connectivity index (χ1) is 22.5. The summed E-state index contributed by atoms with van der Waals surface area (Å²) in [5.41, 5.74) is 19.4. The lowest BCUT2D eigenvalue weighted by Crippen LogP contribution is -2.30. The van der Waals surface area contributed by atoms with Crippen molar-refractivity contribution in [3.8, 4) is 11.1 Å². The van der Waals surface area contributed by atoms with Crippen LogP contribution < -0.4 is 16.9 Å². The summed E-state index contributed by atoms with van der Waals surface area (Å²) < 4.78 is 2.91. The predicted octanol–water partition coefficient (Wildman–Crippen LogP) is 10.6. The van der Waals surface area contributed by atoms with Gasteiger partial charge in [-0.05, 0) is 114 Å². The first kappa shape index (κ1) is 37.9. The number of hydrogen-bond donors (Lipinski definition) is 4. The van der Waals surface area contributed by atoms with E-state index in [2.05, 4.69) is 169 Å². The van der Waals surface area contributed by atoms with Crippen molar-refractivity contribution in [3.63, 3.8) is 0 Å². The molecular formula is C40H42BBr2IN2O2. The Morgan fingerprint density at radius 1 is 0.542 bits per heavy atom. The SMILES string of the molecule is CC(C)(C)c1ccc(-c2cc3ccccc3cc2Br)c(N)c1.CC(C)(C)c1ccc(I)c(N)c1.OB(O)c1cc2ccccc2cc1Br. The van der Waals surface area contributed by atoms with E-state index in [-0.39, 0.29) is 10.8 Å². The van der Waals surface area contributed by atoms with E-state index in [9.17, 15) is 0 Å². The van der Waals surface area contributed by atoms with Crippen LogP contribution in [0.25, 0.3) is 32.7 Å². The molecule has 0 aliphatic carbocycles. The highest BCUT2D eigenvalue weighted by atomic mass is 127. The summed E-state index contributed by atoms with van der Waals surface area (Å²) in [4.78, 5) is 0. The first-order valence-electron chi connectivity index (χ1n) is 15.6. The topological polar surface area (TPSA) is 92.5 Å². The highest BCUT2D eigenvalue weighted by molar-refractivity contribution is 14.1. The third kappa shape index (κ3) is 9.63. The molecule has 0 aliphatic heterocycles. The van der Waals surface area contributed by atoms with Crippen molar-refractivity contribution < 1.29 is 10.0 Å². The molecule has 0 aliphatic rings. The smallest absolute Gasteiger partial charge is 0.423 e. The van der Waals surface area contributed by atoms with Gasteiger partial charge in [-0.3, -0.25) is 0 Å². The number of benzene rings is 6. The monoisotopic (exact) mass is 878 g/mol. The number of nitrogens with two attached hydrogens (primary N) is 2. The van der Waals surface area contributed by atoms with Crippen molar-refractivity contribution in [2.24, 2.45) is 0 Å². The average molecular weight is 880 g/mol. The molecule has 0 saturated carbocycles. The van der Waals surface area contributed by atoms with Crippen LogP contribution in [-0.4, -0.2) is 17.2 Å². The second kappa shape index (κ2) is 15.8. The largest absolute Gasteiger partial charge is 0.489 e. The summed E-state index contributed by atoms with van der Waals surface area (Å²) in [7, 11) is -1.44. The van der Waals surface area contributed by atoms with Gasteiger partial charge in [0.1, 0.15) is 0 Å². The van der Waals surface area contributed by atoms with Gasteiger partial charge in [-0.25, -0.2) is 0 Å². The standard InChI is InChI=1S/C20H20BrN.C10H8BBrO2.C10H14IN/c1-20(2,3)15-8-9-16(19(22)12-15)17-10-13-6-4-5-7-14(13)11-18(17)21;12-10-6-8-4-2-1-3-7(8)5-9(10)11(13)14;1-10(2,3)7-4-5-8(11)9(12)6-7/h4-12H,22H2,1-3H3;1-6,13-14H;4-6H,12H2,1-3H3. The zero-order valence-corrected chi connectivity index (χ0v) is 33.5. The van der Waals surface area contributed by atoms with E-state index in [0.29, 0.717) is 9.94 Å². The van der Waals surface area contributed by atoms with Gasteiger partial charge in [0.25, 0.3) is 0 Å². The molecule has 0 atom stereocenters. The first-order valence-corrected chi connectivity index (χ1v) is 18.3. The number of halogens is 3. The predicted molar refractivity (Wildman–Crippen MR) is 224 cm³/mol. The number of rotatable bonds is 2. The van der Waals surface area contributed by atoms with Gasteiger partial charge in [0, 0.05) is 29.5 Å². The van der Waals surface area contributed by atoms with Crippen molar-refractivity contribution in [2.45, 2.75) is 52.4 Å². The van der Waals surface area contributed by atoms with Crippen LogP contribution in [-0.2, 0) is 10.8 Å². The Morgan fingerprint density at radius 3 is 1.44 bits per heavy atom. The zero-order chi connectivity index (χ0) is 35.4. The zero-order valence-electron chi connectivity index (χ0n) is 28.2. The molecule has 6 N–H and O–H groups in total. The molecule has 0 amide bonds. The van der Waals surface area contributed by atoms with Crippen LogP contribution in [0.4, 0.5) is 11.4 Å². The summed E-state index contributed by atoms with van der Waals surface area (Å²) in [6, 6.07) is 36.8. The summed E-state index contributed by atoms with van der Waals surface area (Å²) in [6.07, 6.45) is 0. The van der Waals surface area contributed by atoms with E-state index in [4.69, 9.17) is 21.5 Å². The van der Waals surface area contributed by atoms with Crippen LogP contribution >= 0.6 is 54.5 Å². The molecule has 0 saturated heterocycles. The van der Waals surface area contributed by atoms with Gasteiger partial charge >= 0.3 is 7.12 Å². The van der Waals surface area contributed by atoms with Gasteiger partial charge in [-0.1, -0.05) is 146 Å². The number of nitrogen functional groups attached to an aromatic ring is 2. The van der Waals surface area contributed by atoms with E-state index in [0.717, 1.165) is 41.3 Å². The van der Waals surface area contributed by atoms with E-state index in [1.807, 2.05) is 30.3 Å². The van der Waals surface area contributed by atoms with Crippen LogP contribution in [0.5, 0.6) is 0 Å². The lowest BCUT2D eigenvalue weighted by Gasteiger charge is -2.21. The fraction of sp³-hybridized carbons (Fsp3) is 0.200. The molecule has 0 radical (unpaired) electrons. The molecule has 248 valence electrons. The van der Waals surface area contributed by atoms with Crippen LogP contribution in [0.15, 0.2) is 118 Å². The highest BCUT2D eigenvalue weighted by Gasteiger charge is 2.17. The van der Waals surface area contributed by atoms with Gasteiger partial charge in [0.2, 0.25) is 0 Å². The molecule has 6 rings (SSSR count). The van der Waals surface area contributed by atoms with E-state index in [1.54, 1.807) is 6.07 Å².